The number of hydrogen-bond donors (Lipinski definition) is 1. The second-order valence-corrected chi connectivity index (χ2v) is 5.51. The minimum atomic E-state index is -0.0207. The Bertz CT molecular complexity index is 371. The van der Waals surface area contributed by atoms with Gasteiger partial charge in [-0.3, -0.25) is 0 Å². The highest BCUT2D eigenvalue weighted by Gasteiger charge is 2.19. The number of benzene rings is 1. The first-order valence-corrected chi connectivity index (χ1v) is 6.53. The van der Waals surface area contributed by atoms with Crippen LogP contribution in [0.3, 0.4) is 0 Å². The lowest BCUT2D eigenvalue weighted by molar-refractivity contribution is 0.537. The fourth-order valence-electron chi connectivity index (χ4n) is 2.33. The van der Waals surface area contributed by atoms with E-state index in [-0.39, 0.29) is 5.82 Å². The van der Waals surface area contributed by atoms with E-state index in [0.717, 1.165) is 47.1 Å². The van der Waals surface area contributed by atoms with Crippen molar-refractivity contribution in [1.29, 1.82) is 0 Å². The number of nitrogens with one attached hydrogen (secondary N) is 1. The second-order valence-electron chi connectivity index (χ2n) is 4.66. The van der Waals surface area contributed by atoms with Gasteiger partial charge < -0.3 is 5.32 Å². The van der Waals surface area contributed by atoms with E-state index in [0.29, 0.717) is 5.92 Å². The molecule has 1 aromatic carbocycles. The Morgan fingerprint density at radius 2 is 2.25 bits per heavy atom. The minimum Gasteiger partial charge on any atom is -0.316 e. The maximum atomic E-state index is 14.1. The molecule has 16 heavy (non-hydrogen) atoms. The largest absolute Gasteiger partial charge is 0.316 e. The Hall–Kier alpha value is -0.410. The zero-order valence-electron chi connectivity index (χ0n) is 9.74. The molecular formula is C13H17BrFN. The Balaban J connectivity index is 2.31. The monoisotopic (exact) mass is 285 g/mol. The Labute approximate surface area is 105 Å². The molecule has 1 heterocycles. The standard InChI is InChI=1S/C13H17BrFN/c1-8-5-12(14)9(2)11(13(8)15)6-10-3-4-16-7-10/h5,10,16H,3-4,6-7H2,1-2H3. The van der Waals surface area contributed by atoms with Crippen molar-refractivity contribution in [3.05, 3.63) is 33.0 Å². The number of hydrogen-bond acceptors (Lipinski definition) is 1. The van der Waals surface area contributed by atoms with Crippen LogP contribution < -0.4 is 5.32 Å². The average Bonchev–Trinajstić information content (AvgIpc) is 2.74. The van der Waals surface area contributed by atoms with Gasteiger partial charge in [-0.05, 0) is 68.5 Å². The molecule has 1 fully saturated rings. The molecule has 0 aliphatic carbocycles. The van der Waals surface area contributed by atoms with E-state index in [4.69, 9.17) is 0 Å². The van der Waals surface area contributed by atoms with Gasteiger partial charge >= 0.3 is 0 Å². The van der Waals surface area contributed by atoms with Gasteiger partial charge in [-0.1, -0.05) is 15.9 Å². The van der Waals surface area contributed by atoms with Gasteiger partial charge in [0.2, 0.25) is 0 Å². The van der Waals surface area contributed by atoms with Crippen molar-refractivity contribution in [2.75, 3.05) is 13.1 Å². The molecule has 0 spiro atoms. The highest BCUT2D eigenvalue weighted by atomic mass is 79.9. The zero-order chi connectivity index (χ0) is 11.7. The summed E-state index contributed by atoms with van der Waals surface area (Å²) in [4.78, 5) is 0. The van der Waals surface area contributed by atoms with Gasteiger partial charge in [0.15, 0.2) is 0 Å². The molecule has 1 aliphatic heterocycles. The van der Waals surface area contributed by atoms with E-state index in [1.165, 1.54) is 0 Å². The van der Waals surface area contributed by atoms with Gasteiger partial charge in [0.1, 0.15) is 5.82 Å². The van der Waals surface area contributed by atoms with Crippen molar-refractivity contribution in [1.82, 2.24) is 5.32 Å². The summed E-state index contributed by atoms with van der Waals surface area (Å²) in [7, 11) is 0. The number of halogens is 2. The lowest BCUT2D eigenvalue weighted by atomic mass is 9.93. The van der Waals surface area contributed by atoms with Crippen molar-refractivity contribution < 1.29 is 4.39 Å². The molecule has 0 radical (unpaired) electrons. The first kappa shape index (κ1) is 12.1. The van der Waals surface area contributed by atoms with Crippen LogP contribution >= 0.6 is 15.9 Å². The third kappa shape index (κ3) is 2.30. The first-order chi connectivity index (χ1) is 7.59. The van der Waals surface area contributed by atoms with Crippen molar-refractivity contribution in [3.8, 4) is 0 Å². The molecule has 1 aliphatic rings. The van der Waals surface area contributed by atoms with Crippen LogP contribution in [-0.2, 0) is 6.42 Å². The third-order valence-corrected chi connectivity index (χ3v) is 4.24. The van der Waals surface area contributed by atoms with Gasteiger partial charge in [-0.15, -0.1) is 0 Å². The third-order valence-electron chi connectivity index (χ3n) is 3.42. The van der Waals surface area contributed by atoms with Gasteiger partial charge in [0, 0.05) is 4.47 Å². The van der Waals surface area contributed by atoms with Gasteiger partial charge in [0.05, 0.1) is 0 Å². The van der Waals surface area contributed by atoms with Gasteiger partial charge in [-0.25, -0.2) is 4.39 Å². The van der Waals surface area contributed by atoms with Crippen molar-refractivity contribution in [2.45, 2.75) is 26.7 Å². The predicted molar refractivity (Wildman–Crippen MR) is 68.3 cm³/mol. The molecule has 1 nitrogen and oxygen atoms in total. The molecular weight excluding hydrogens is 269 g/mol. The van der Waals surface area contributed by atoms with E-state index in [9.17, 15) is 4.39 Å². The molecule has 1 aromatic rings. The molecule has 1 N–H and O–H groups in total. The second kappa shape index (κ2) is 4.84. The normalized spacial score (nSPS) is 20.4. The summed E-state index contributed by atoms with van der Waals surface area (Å²) >= 11 is 3.50. The summed E-state index contributed by atoms with van der Waals surface area (Å²) in [6.07, 6.45) is 2.01. The van der Waals surface area contributed by atoms with Crippen LogP contribution in [0.4, 0.5) is 4.39 Å². The predicted octanol–water partition coefficient (Wildman–Crippen LogP) is 3.36. The smallest absolute Gasteiger partial charge is 0.129 e. The Morgan fingerprint density at radius 3 is 2.88 bits per heavy atom. The van der Waals surface area contributed by atoms with Crippen LogP contribution in [0.15, 0.2) is 10.5 Å². The van der Waals surface area contributed by atoms with Crippen molar-refractivity contribution >= 4 is 15.9 Å². The van der Waals surface area contributed by atoms with E-state index in [2.05, 4.69) is 21.2 Å². The fourth-order valence-corrected chi connectivity index (χ4v) is 2.91. The molecule has 0 aromatic heterocycles. The summed E-state index contributed by atoms with van der Waals surface area (Å²) in [6.45, 7) is 5.91. The molecule has 0 bridgehead atoms. The quantitative estimate of drug-likeness (QED) is 0.879. The van der Waals surface area contributed by atoms with E-state index in [1.54, 1.807) is 0 Å². The molecule has 2 rings (SSSR count). The van der Waals surface area contributed by atoms with E-state index < -0.39 is 0 Å². The topological polar surface area (TPSA) is 12.0 Å². The lowest BCUT2D eigenvalue weighted by Crippen LogP contribution is -2.12. The van der Waals surface area contributed by atoms with E-state index >= 15 is 0 Å². The maximum Gasteiger partial charge on any atom is 0.129 e. The first-order valence-electron chi connectivity index (χ1n) is 5.74. The summed E-state index contributed by atoms with van der Waals surface area (Å²) in [6, 6.07) is 1.86. The van der Waals surface area contributed by atoms with Crippen molar-refractivity contribution in [3.63, 3.8) is 0 Å². The Morgan fingerprint density at radius 1 is 1.50 bits per heavy atom. The van der Waals surface area contributed by atoms with Gasteiger partial charge in [-0.2, -0.15) is 0 Å². The summed E-state index contributed by atoms with van der Waals surface area (Å²) in [5.74, 6) is 0.564. The summed E-state index contributed by atoms with van der Waals surface area (Å²) in [5, 5.41) is 3.33. The fraction of sp³-hybridized carbons (Fsp3) is 0.538. The average molecular weight is 286 g/mol. The molecule has 1 atom stereocenters. The van der Waals surface area contributed by atoms with Crippen LogP contribution in [-0.4, -0.2) is 13.1 Å². The minimum absolute atomic E-state index is 0.0207. The highest BCUT2D eigenvalue weighted by molar-refractivity contribution is 9.10. The number of rotatable bonds is 2. The highest BCUT2D eigenvalue weighted by Crippen LogP contribution is 2.28. The summed E-state index contributed by atoms with van der Waals surface area (Å²) in [5.41, 5.74) is 2.68. The zero-order valence-corrected chi connectivity index (χ0v) is 11.3. The lowest BCUT2D eigenvalue weighted by Gasteiger charge is -2.15. The van der Waals surface area contributed by atoms with E-state index in [1.807, 2.05) is 19.9 Å². The molecule has 88 valence electrons. The molecule has 1 saturated heterocycles. The molecule has 3 heteroatoms. The summed E-state index contributed by atoms with van der Waals surface area (Å²) < 4.78 is 15.1. The maximum absolute atomic E-state index is 14.1. The molecule has 0 amide bonds. The van der Waals surface area contributed by atoms with Crippen molar-refractivity contribution in [2.24, 2.45) is 5.92 Å². The van der Waals surface area contributed by atoms with Crippen LogP contribution in [0.25, 0.3) is 0 Å². The molecule has 1 unspecified atom stereocenters. The Kier molecular flexibility index (Phi) is 3.65. The van der Waals surface area contributed by atoms with Crippen LogP contribution in [0.2, 0.25) is 0 Å². The van der Waals surface area contributed by atoms with Crippen LogP contribution in [0, 0.1) is 25.6 Å². The van der Waals surface area contributed by atoms with Crippen LogP contribution in [0.5, 0.6) is 0 Å². The molecule has 0 saturated carbocycles. The SMILES string of the molecule is Cc1cc(Br)c(C)c(CC2CCNC2)c1F. The van der Waals surface area contributed by atoms with Gasteiger partial charge in [0.25, 0.3) is 0 Å². The number of aryl methyl sites for hydroxylation is 1. The van der Waals surface area contributed by atoms with Crippen LogP contribution in [0.1, 0.15) is 23.1 Å².